The number of aliphatic hydroxyl groups excluding tert-OH is 2. The summed E-state index contributed by atoms with van der Waals surface area (Å²) in [6.45, 7) is 0.199. The fourth-order valence-electron chi connectivity index (χ4n) is 2.34. The zero-order valence-corrected chi connectivity index (χ0v) is 14.0. The van der Waals surface area contributed by atoms with Gasteiger partial charge in [0.2, 0.25) is 0 Å². The molecule has 0 aliphatic rings. The zero-order chi connectivity index (χ0) is 18.9. The van der Waals surface area contributed by atoms with Crippen LogP contribution in [0.5, 0.6) is 5.75 Å². The van der Waals surface area contributed by atoms with Crippen molar-refractivity contribution in [2.75, 3.05) is 6.54 Å². The third-order valence-corrected chi connectivity index (χ3v) is 3.79. The second-order valence-corrected chi connectivity index (χ2v) is 5.73. The minimum atomic E-state index is -1.39. The van der Waals surface area contributed by atoms with Gasteiger partial charge in [-0.25, -0.2) is 4.79 Å². The Bertz CT molecular complexity index is 734. The molecule has 0 aromatic heterocycles. The number of benzene rings is 2. The number of amides is 1. The molecule has 0 aliphatic heterocycles. The lowest BCUT2D eigenvalue weighted by molar-refractivity contribution is 0.0123. The lowest BCUT2D eigenvalue weighted by Crippen LogP contribution is -2.29. The normalized spacial score (nSPS) is 12.8. The standard InChI is InChI=1S/C19H21NO6/c21-11-14-6-7-16(22)15(10-14)18(24)17(23)8-9-20-19(25)26-12-13-4-2-1-3-5-13/h1-7,10-11,17-18,22-24H,8-9,12H2,(H,20,25). The van der Waals surface area contributed by atoms with Crippen molar-refractivity contribution in [2.24, 2.45) is 0 Å². The summed E-state index contributed by atoms with van der Waals surface area (Å²) in [5.74, 6) is -0.225. The van der Waals surface area contributed by atoms with E-state index in [9.17, 15) is 24.9 Å². The Morgan fingerprint density at radius 2 is 1.88 bits per heavy atom. The molecule has 0 saturated heterocycles. The van der Waals surface area contributed by atoms with Gasteiger partial charge in [0.1, 0.15) is 24.7 Å². The molecule has 0 fully saturated rings. The first-order valence-corrected chi connectivity index (χ1v) is 8.10. The van der Waals surface area contributed by atoms with Gasteiger partial charge in [-0.15, -0.1) is 0 Å². The number of ether oxygens (including phenoxy) is 1. The van der Waals surface area contributed by atoms with Gasteiger partial charge in [0, 0.05) is 17.7 Å². The Labute approximate surface area is 150 Å². The largest absolute Gasteiger partial charge is 0.508 e. The van der Waals surface area contributed by atoms with E-state index in [0.29, 0.717) is 6.29 Å². The molecule has 138 valence electrons. The van der Waals surface area contributed by atoms with E-state index < -0.39 is 18.3 Å². The smallest absolute Gasteiger partial charge is 0.407 e. The van der Waals surface area contributed by atoms with Crippen molar-refractivity contribution in [3.8, 4) is 5.75 Å². The summed E-state index contributed by atoms with van der Waals surface area (Å²) in [5.41, 5.74) is 1.17. The molecule has 0 saturated carbocycles. The van der Waals surface area contributed by atoms with Gasteiger partial charge in [-0.2, -0.15) is 0 Å². The monoisotopic (exact) mass is 359 g/mol. The molecule has 2 atom stereocenters. The van der Waals surface area contributed by atoms with Crippen LogP contribution in [0, 0.1) is 0 Å². The van der Waals surface area contributed by atoms with E-state index in [4.69, 9.17) is 4.74 Å². The Balaban J connectivity index is 1.78. The predicted octanol–water partition coefficient (Wildman–Crippen LogP) is 1.92. The third kappa shape index (κ3) is 5.58. The SMILES string of the molecule is O=Cc1ccc(O)c(C(O)C(O)CCNC(=O)OCc2ccccc2)c1. The number of hydrogen-bond donors (Lipinski definition) is 4. The minimum Gasteiger partial charge on any atom is -0.508 e. The first-order valence-electron chi connectivity index (χ1n) is 8.10. The third-order valence-electron chi connectivity index (χ3n) is 3.79. The van der Waals surface area contributed by atoms with Crippen molar-refractivity contribution in [3.05, 3.63) is 65.2 Å². The molecule has 2 unspecified atom stereocenters. The van der Waals surface area contributed by atoms with Crippen molar-refractivity contribution in [1.29, 1.82) is 0 Å². The van der Waals surface area contributed by atoms with Crippen LogP contribution in [0.4, 0.5) is 4.79 Å². The fraction of sp³-hybridized carbons (Fsp3) is 0.263. The summed E-state index contributed by atoms with van der Waals surface area (Å²) < 4.78 is 5.03. The molecule has 0 heterocycles. The van der Waals surface area contributed by atoms with Crippen LogP contribution in [-0.4, -0.2) is 40.3 Å². The van der Waals surface area contributed by atoms with Gasteiger partial charge in [-0.05, 0) is 30.2 Å². The van der Waals surface area contributed by atoms with Crippen molar-refractivity contribution >= 4 is 12.4 Å². The van der Waals surface area contributed by atoms with Gasteiger partial charge in [0.25, 0.3) is 0 Å². The first kappa shape index (κ1) is 19.4. The molecule has 26 heavy (non-hydrogen) atoms. The van der Waals surface area contributed by atoms with Crippen molar-refractivity contribution < 1.29 is 29.6 Å². The predicted molar refractivity (Wildman–Crippen MR) is 93.7 cm³/mol. The van der Waals surface area contributed by atoms with E-state index in [2.05, 4.69) is 5.32 Å². The second-order valence-electron chi connectivity index (χ2n) is 5.73. The van der Waals surface area contributed by atoms with Crippen LogP contribution in [-0.2, 0) is 11.3 Å². The van der Waals surface area contributed by atoms with Crippen molar-refractivity contribution in [2.45, 2.75) is 25.2 Å². The summed E-state index contributed by atoms with van der Waals surface area (Å²) in [6.07, 6.45) is -2.66. The Morgan fingerprint density at radius 1 is 1.15 bits per heavy atom. The second kappa shape index (κ2) is 9.55. The molecular weight excluding hydrogens is 338 g/mol. The highest BCUT2D eigenvalue weighted by Gasteiger charge is 2.21. The molecule has 7 heteroatoms. The molecule has 2 aromatic carbocycles. The van der Waals surface area contributed by atoms with Gasteiger partial charge < -0.3 is 25.4 Å². The van der Waals surface area contributed by atoms with Gasteiger partial charge >= 0.3 is 6.09 Å². The van der Waals surface area contributed by atoms with Crippen LogP contribution in [0.15, 0.2) is 48.5 Å². The van der Waals surface area contributed by atoms with Gasteiger partial charge in [-0.1, -0.05) is 30.3 Å². The number of aldehydes is 1. The van der Waals surface area contributed by atoms with E-state index in [0.717, 1.165) is 5.56 Å². The molecule has 4 N–H and O–H groups in total. The molecule has 0 aliphatic carbocycles. The van der Waals surface area contributed by atoms with E-state index in [-0.39, 0.29) is 36.4 Å². The number of aromatic hydroxyl groups is 1. The van der Waals surface area contributed by atoms with Gasteiger partial charge in [0.15, 0.2) is 0 Å². The number of hydrogen-bond acceptors (Lipinski definition) is 6. The van der Waals surface area contributed by atoms with Crippen LogP contribution in [0.2, 0.25) is 0 Å². The molecule has 2 aromatic rings. The number of phenolic OH excluding ortho intramolecular Hbond substituents is 1. The number of aliphatic hydroxyl groups is 2. The van der Waals surface area contributed by atoms with Crippen LogP contribution in [0.25, 0.3) is 0 Å². The Hall–Kier alpha value is -2.90. The quantitative estimate of drug-likeness (QED) is 0.535. The Kier molecular flexibility index (Phi) is 7.13. The number of alkyl carbamates (subject to hydrolysis) is 1. The number of carbonyl (C=O) groups is 2. The Morgan fingerprint density at radius 3 is 2.58 bits per heavy atom. The van der Waals surface area contributed by atoms with Gasteiger partial charge in [0.05, 0.1) is 6.10 Å². The maximum absolute atomic E-state index is 11.6. The van der Waals surface area contributed by atoms with Gasteiger partial charge in [-0.3, -0.25) is 4.79 Å². The highest BCUT2D eigenvalue weighted by Crippen LogP contribution is 2.28. The molecule has 0 radical (unpaired) electrons. The van der Waals surface area contributed by atoms with E-state index in [1.54, 1.807) is 0 Å². The van der Waals surface area contributed by atoms with E-state index >= 15 is 0 Å². The molecule has 2 rings (SSSR count). The number of carbonyl (C=O) groups excluding carboxylic acids is 2. The van der Waals surface area contributed by atoms with E-state index in [1.165, 1.54) is 18.2 Å². The summed E-state index contributed by atoms with van der Waals surface area (Å²) in [7, 11) is 0. The number of phenols is 1. The molecule has 1 amide bonds. The lowest BCUT2D eigenvalue weighted by atomic mass is 9.99. The number of nitrogens with one attached hydrogen (secondary N) is 1. The zero-order valence-electron chi connectivity index (χ0n) is 14.0. The maximum atomic E-state index is 11.6. The topological polar surface area (TPSA) is 116 Å². The molecular formula is C19H21NO6. The fourth-order valence-corrected chi connectivity index (χ4v) is 2.34. The van der Waals surface area contributed by atoms with Crippen LogP contribution in [0.1, 0.15) is 34.0 Å². The highest BCUT2D eigenvalue weighted by atomic mass is 16.5. The van der Waals surface area contributed by atoms with Crippen LogP contribution < -0.4 is 5.32 Å². The summed E-state index contributed by atoms with van der Waals surface area (Å²) in [6, 6.07) is 13.2. The van der Waals surface area contributed by atoms with Crippen molar-refractivity contribution in [3.63, 3.8) is 0 Å². The molecule has 0 spiro atoms. The summed E-state index contributed by atoms with van der Waals surface area (Å²) in [5, 5.41) is 32.4. The lowest BCUT2D eigenvalue weighted by Gasteiger charge is -2.19. The number of rotatable bonds is 8. The van der Waals surface area contributed by atoms with Crippen molar-refractivity contribution in [1.82, 2.24) is 5.32 Å². The van der Waals surface area contributed by atoms with E-state index in [1.807, 2.05) is 30.3 Å². The minimum absolute atomic E-state index is 0.0341. The first-order chi connectivity index (χ1) is 12.5. The maximum Gasteiger partial charge on any atom is 0.407 e. The average molecular weight is 359 g/mol. The van der Waals surface area contributed by atoms with Crippen LogP contribution >= 0.6 is 0 Å². The molecule has 0 bridgehead atoms. The summed E-state index contributed by atoms with van der Waals surface area (Å²) >= 11 is 0. The molecule has 7 nitrogen and oxygen atoms in total. The van der Waals surface area contributed by atoms with Crippen LogP contribution in [0.3, 0.4) is 0 Å². The highest BCUT2D eigenvalue weighted by molar-refractivity contribution is 5.75. The summed E-state index contributed by atoms with van der Waals surface area (Å²) in [4.78, 5) is 22.4. The average Bonchev–Trinajstić information content (AvgIpc) is 2.67.